The van der Waals surface area contributed by atoms with Gasteiger partial charge in [-0.3, -0.25) is 9.48 Å². The predicted octanol–water partition coefficient (Wildman–Crippen LogP) is 3.59. The Morgan fingerprint density at radius 1 is 1.38 bits per heavy atom. The minimum absolute atomic E-state index is 0.252. The van der Waals surface area contributed by atoms with Crippen LogP contribution in [0.1, 0.15) is 28.7 Å². The summed E-state index contributed by atoms with van der Waals surface area (Å²) < 4.78 is 6.96. The maximum absolute atomic E-state index is 12.3. The Labute approximate surface area is 144 Å². The summed E-state index contributed by atoms with van der Waals surface area (Å²) >= 11 is 1.72. The number of rotatable bonds is 6. The molecule has 0 aliphatic rings. The van der Waals surface area contributed by atoms with Gasteiger partial charge in [-0.2, -0.15) is 5.10 Å². The molecule has 6 nitrogen and oxygen atoms in total. The number of nitrogens with one attached hydrogen (secondary N) is 1. The first-order chi connectivity index (χ1) is 11.6. The van der Waals surface area contributed by atoms with Crippen LogP contribution in [-0.4, -0.2) is 26.6 Å². The van der Waals surface area contributed by atoms with Gasteiger partial charge in [0.05, 0.1) is 6.20 Å². The molecule has 0 atom stereocenters. The number of thioether (sulfide) groups is 1. The molecule has 0 aliphatic heterocycles. The summed E-state index contributed by atoms with van der Waals surface area (Å²) in [6, 6.07) is 9.37. The molecule has 24 heavy (non-hydrogen) atoms. The third kappa shape index (κ3) is 4.05. The van der Waals surface area contributed by atoms with Crippen LogP contribution in [0.15, 0.2) is 52.1 Å². The van der Waals surface area contributed by atoms with Crippen molar-refractivity contribution in [2.75, 3.05) is 11.1 Å². The normalized spacial score (nSPS) is 10.8. The van der Waals surface area contributed by atoms with Gasteiger partial charge in [0.2, 0.25) is 0 Å². The summed E-state index contributed by atoms with van der Waals surface area (Å²) in [5.74, 6) is 1.27. The number of anilines is 1. The van der Waals surface area contributed by atoms with Crippen LogP contribution < -0.4 is 5.32 Å². The second-order valence-electron chi connectivity index (χ2n) is 5.31. The van der Waals surface area contributed by atoms with Gasteiger partial charge in [-0.05, 0) is 36.4 Å². The number of carbonyl (C=O) groups excluding carboxylic acids is 1. The highest BCUT2D eigenvalue weighted by Crippen LogP contribution is 2.21. The molecule has 1 amide bonds. The summed E-state index contributed by atoms with van der Waals surface area (Å²) in [5.41, 5.74) is 2.06. The molecule has 0 radical (unpaired) electrons. The second-order valence-corrected chi connectivity index (χ2v) is 6.65. The molecule has 124 valence electrons. The average molecular weight is 342 g/mol. The Morgan fingerprint density at radius 2 is 2.25 bits per heavy atom. The Kier molecular flexibility index (Phi) is 5.00. The third-order valence-corrected chi connectivity index (χ3v) is 4.15. The first kappa shape index (κ1) is 16.3. The van der Waals surface area contributed by atoms with Crippen molar-refractivity contribution in [1.82, 2.24) is 14.9 Å². The van der Waals surface area contributed by atoms with Crippen molar-refractivity contribution >= 4 is 23.4 Å². The highest BCUT2D eigenvalue weighted by atomic mass is 32.2. The molecule has 1 aromatic carbocycles. The summed E-state index contributed by atoms with van der Waals surface area (Å²) in [6.07, 6.45) is 3.67. The van der Waals surface area contributed by atoms with Crippen LogP contribution in [0.2, 0.25) is 0 Å². The zero-order valence-electron chi connectivity index (χ0n) is 13.5. The molecule has 0 unspecified atom stereocenters. The molecule has 0 saturated heterocycles. The molecule has 2 heterocycles. The van der Waals surface area contributed by atoms with Crippen molar-refractivity contribution in [3.63, 3.8) is 0 Å². The summed E-state index contributed by atoms with van der Waals surface area (Å²) in [4.78, 5) is 13.4. The minimum atomic E-state index is -0.291. The molecule has 0 fully saturated rings. The van der Waals surface area contributed by atoms with Crippen LogP contribution in [0, 0.1) is 6.92 Å². The predicted molar refractivity (Wildman–Crippen MR) is 93.4 cm³/mol. The molecular weight excluding hydrogens is 324 g/mol. The number of benzene rings is 1. The topological polar surface area (TPSA) is 73.0 Å². The highest BCUT2D eigenvalue weighted by molar-refractivity contribution is 7.99. The van der Waals surface area contributed by atoms with Crippen LogP contribution in [0.25, 0.3) is 0 Å². The Morgan fingerprint density at radius 3 is 3.00 bits per heavy atom. The Hall–Kier alpha value is -2.54. The van der Waals surface area contributed by atoms with Crippen molar-refractivity contribution in [3.8, 4) is 0 Å². The van der Waals surface area contributed by atoms with E-state index in [9.17, 15) is 4.79 Å². The third-order valence-electron chi connectivity index (χ3n) is 3.27. The smallest absolute Gasteiger partial charge is 0.277 e. The number of amides is 1. The van der Waals surface area contributed by atoms with E-state index in [4.69, 9.17) is 4.52 Å². The summed E-state index contributed by atoms with van der Waals surface area (Å²) in [7, 11) is 0. The van der Waals surface area contributed by atoms with Crippen LogP contribution in [0.5, 0.6) is 0 Å². The standard InChI is InChI=1S/C17H18N4O2S/c1-3-24-15-6-4-5-13(7-15)19-17(22)16-8-14(23-20-16)11-21-10-12(2)9-18-21/h4-10H,3,11H2,1-2H3,(H,19,22). The lowest BCUT2D eigenvalue weighted by atomic mass is 10.3. The van der Waals surface area contributed by atoms with E-state index in [0.717, 1.165) is 21.9 Å². The van der Waals surface area contributed by atoms with Crippen molar-refractivity contribution in [1.29, 1.82) is 0 Å². The maximum Gasteiger partial charge on any atom is 0.277 e. The lowest BCUT2D eigenvalue weighted by Crippen LogP contribution is -2.12. The van der Waals surface area contributed by atoms with Crippen molar-refractivity contribution in [2.45, 2.75) is 25.3 Å². The molecule has 0 saturated carbocycles. The van der Waals surface area contributed by atoms with Crippen LogP contribution in [-0.2, 0) is 6.54 Å². The SMILES string of the molecule is CCSc1cccc(NC(=O)c2cc(Cn3cc(C)cn3)on2)c1. The molecular formula is C17H18N4O2S. The van der Waals surface area contributed by atoms with Crippen molar-refractivity contribution in [3.05, 3.63) is 59.7 Å². The molecule has 3 rings (SSSR count). The molecule has 1 N–H and O–H groups in total. The number of hydrogen-bond donors (Lipinski definition) is 1. The number of carbonyl (C=O) groups is 1. The first-order valence-electron chi connectivity index (χ1n) is 7.63. The highest BCUT2D eigenvalue weighted by Gasteiger charge is 2.13. The van der Waals surface area contributed by atoms with Gasteiger partial charge in [0.1, 0.15) is 6.54 Å². The monoisotopic (exact) mass is 342 g/mol. The van der Waals surface area contributed by atoms with Gasteiger partial charge in [-0.1, -0.05) is 18.1 Å². The largest absolute Gasteiger partial charge is 0.359 e. The Balaban J connectivity index is 1.66. The zero-order valence-corrected chi connectivity index (χ0v) is 14.3. The van der Waals surface area contributed by atoms with Gasteiger partial charge in [0, 0.05) is 22.8 Å². The van der Waals surface area contributed by atoms with Crippen LogP contribution >= 0.6 is 11.8 Å². The van der Waals surface area contributed by atoms with Gasteiger partial charge < -0.3 is 9.84 Å². The van der Waals surface area contributed by atoms with Gasteiger partial charge in [0.15, 0.2) is 11.5 Å². The lowest BCUT2D eigenvalue weighted by molar-refractivity contribution is 0.101. The molecule has 7 heteroatoms. The molecule has 0 spiro atoms. The minimum Gasteiger partial charge on any atom is -0.359 e. The summed E-state index contributed by atoms with van der Waals surface area (Å²) in [6.45, 7) is 4.50. The van der Waals surface area contributed by atoms with Gasteiger partial charge >= 0.3 is 0 Å². The van der Waals surface area contributed by atoms with E-state index < -0.39 is 0 Å². The van der Waals surface area contributed by atoms with Crippen molar-refractivity contribution < 1.29 is 9.32 Å². The van der Waals surface area contributed by atoms with Gasteiger partial charge in [0.25, 0.3) is 5.91 Å². The van der Waals surface area contributed by atoms with E-state index in [1.807, 2.05) is 37.4 Å². The summed E-state index contributed by atoms with van der Waals surface area (Å²) in [5, 5.41) is 10.9. The quantitative estimate of drug-likeness (QED) is 0.693. The number of hydrogen-bond acceptors (Lipinski definition) is 5. The van der Waals surface area contributed by atoms with Crippen LogP contribution in [0.4, 0.5) is 5.69 Å². The van der Waals surface area contributed by atoms with E-state index >= 15 is 0 Å². The fourth-order valence-electron chi connectivity index (χ4n) is 2.23. The van der Waals surface area contributed by atoms with E-state index in [1.165, 1.54) is 0 Å². The second kappa shape index (κ2) is 7.35. The van der Waals surface area contributed by atoms with E-state index in [2.05, 4.69) is 22.5 Å². The van der Waals surface area contributed by atoms with E-state index in [-0.39, 0.29) is 11.6 Å². The van der Waals surface area contributed by atoms with Crippen LogP contribution in [0.3, 0.4) is 0 Å². The van der Waals surface area contributed by atoms with E-state index in [0.29, 0.717) is 12.3 Å². The molecule has 2 aromatic heterocycles. The molecule has 0 aliphatic carbocycles. The fourth-order valence-corrected chi connectivity index (χ4v) is 2.95. The zero-order chi connectivity index (χ0) is 16.9. The first-order valence-corrected chi connectivity index (χ1v) is 8.61. The maximum atomic E-state index is 12.3. The number of nitrogens with zero attached hydrogens (tertiary/aromatic N) is 3. The van der Waals surface area contributed by atoms with Gasteiger partial charge in [-0.15, -0.1) is 11.8 Å². The average Bonchev–Trinajstić information content (AvgIpc) is 3.18. The van der Waals surface area contributed by atoms with E-state index in [1.54, 1.807) is 28.7 Å². The fraction of sp³-hybridized carbons (Fsp3) is 0.235. The lowest BCUT2D eigenvalue weighted by Gasteiger charge is -2.05. The Bertz CT molecular complexity index is 840. The number of aryl methyl sites for hydroxylation is 1. The number of aromatic nitrogens is 3. The van der Waals surface area contributed by atoms with Gasteiger partial charge in [-0.25, -0.2) is 0 Å². The molecule has 0 bridgehead atoms. The molecule has 3 aromatic rings. The van der Waals surface area contributed by atoms with Crippen molar-refractivity contribution in [2.24, 2.45) is 0 Å².